The van der Waals surface area contributed by atoms with Gasteiger partial charge in [0, 0.05) is 24.1 Å². The van der Waals surface area contributed by atoms with E-state index >= 15 is 0 Å². The lowest BCUT2D eigenvalue weighted by Gasteiger charge is -2.44. The molecule has 0 aliphatic heterocycles. The first kappa shape index (κ1) is 32.3. The first-order chi connectivity index (χ1) is 21.3. The van der Waals surface area contributed by atoms with Gasteiger partial charge >= 0.3 is 0 Å². The van der Waals surface area contributed by atoms with Crippen LogP contribution in [-0.4, -0.2) is 43.7 Å². The van der Waals surface area contributed by atoms with Crippen LogP contribution in [0.2, 0.25) is 0 Å². The molecule has 0 saturated heterocycles. The van der Waals surface area contributed by atoms with Crippen molar-refractivity contribution in [3.8, 4) is 0 Å². The summed E-state index contributed by atoms with van der Waals surface area (Å²) < 4.78 is 0.924. The van der Waals surface area contributed by atoms with E-state index in [1.165, 1.54) is 27.4 Å². The van der Waals surface area contributed by atoms with Crippen molar-refractivity contribution in [3.63, 3.8) is 0 Å². The van der Waals surface area contributed by atoms with Crippen LogP contribution in [0.5, 0.6) is 0 Å². The highest BCUT2D eigenvalue weighted by atomic mass is 16.1. The molecular formula is C40H45BN2O. The van der Waals surface area contributed by atoms with Crippen molar-refractivity contribution in [2.45, 2.75) is 19.9 Å². The molecule has 5 aromatic rings. The SMILES string of the molecule is C=C(C)C(=O)NCCC[N+](C)(C)Cc1ccccc1.c1ccc([B-](c2ccccc2)(c2ccccc2)c2ccccc2)cc1. The number of hydrogen-bond donors (Lipinski definition) is 1. The minimum atomic E-state index is -1.22. The largest absolute Gasteiger partial charge is 0.352 e. The maximum absolute atomic E-state index is 11.3. The Morgan fingerprint density at radius 3 is 1.30 bits per heavy atom. The fraction of sp³-hybridized carbons (Fsp3) is 0.175. The average Bonchev–Trinajstić information content (AvgIpc) is 3.06. The molecule has 224 valence electrons. The van der Waals surface area contributed by atoms with Crippen LogP contribution in [-0.2, 0) is 11.3 Å². The molecule has 0 atom stereocenters. The monoisotopic (exact) mass is 580 g/mol. The molecule has 0 spiro atoms. The van der Waals surface area contributed by atoms with Crippen LogP contribution in [0.3, 0.4) is 0 Å². The second-order valence-corrected chi connectivity index (χ2v) is 12.2. The Labute approximate surface area is 264 Å². The van der Waals surface area contributed by atoms with Crippen molar-refractivity contribution < 1.29 is 9.28 Å². The zero-order chi connectivity index (χ0) is 31.3. The van der Waals surface area contributed by atoms with Crippen LogP contribution in [0.25, 0.3) is 0 Å². The minimum absolute atomic E-state index is 0.0478. The van der Waals surface area contributed by atoms with Gasteiger partial charge in [0.15, 0.2) is 0 Å². The second-order valence-electron chi connectivity index (χ2n) is 12.2. The lowest BCUT2D eigenvalue weighted by molar-refractivity contribution is -0.903. The third kappa shape index (κ3) is 8.46. The minimum Gasteiger partial charge on any atom is -0.352 e. The number of nitrogens with one attached hydrogen (secondary N) is 1. The van der Waals surface area contributed by atoms with Gasteiger partial charge < -0.3 is 9.80 Å². The predicted octanol–water partition coefficient (Wildman–Crippen LogP) is 5.41. The second kappa shape index (κ2) is 15.7. The highest BCUT2D eigenvalue weighted by Gasteiger charge is 2.31. The highest BCUT2D eigenvalue weighted by Crippen LogP contribution is 2.10. The Hall–Kier alpha value is -4.67. The lowest BCUT2D eigenvalue weighted by Crippen LogP contribution is -2.74. The molecule has 3 nitrogen and oxygen atoms in total. The number of amides is 1. The first-order valence-corrected chi connectivity index (χ1v) is 15.5. The molecule has 0 fully saturated rings. The Morgan fingerprint density at radius 2 is 0.955 bits per heavy atom. The predicted molar refractivity (Wildman–Crippen MR) is 190 cm³/mol. The maximum Gasteiger partial charge on any atom is 0.246 e. The third-order valence-electron chi connectivity index (χ3n) is 8.27. The molecule has 0 unspecified atom stereocenters. The van der Waals surface area contributed by atoms with Crippen molar-refractivity contribution >= 4 is 33.9 Å². The Kier molecular flexibility index (Phi) is 11.5. The molecule has 0 aromatic heterocycles. The highest BCUT2D eigenvalue weighted by molar-refractivity contribution is 7.19. The Balaban J connectivity index is 0.000000210. The van der Waals surface area contributed by atoms with Gasteiger partial charge in [0.1, 0.15) is 12.7 Å². The molecule has 0 aliphatic rings. The third-order valence-corrected chi connectivity index (χ3v) is 8.27. The summed E-state index contributed by atoms with van der Waals surface area (Å²) in [5.74, 6) is -0.0478. The van der Waals surface area contributed by atoms with E-state index in [1.807, 2.05) is 6.07 Å². The molecule has 0 saturated carbocycles. The van der Waals surface area contributed by atoms with E-state index in [1.54, 1.807) is 6.92 Å². The van der Waals surface area contributed by atoms with Crippen LogP contribution >= 0.6 is 0 Å². The first-order valence-electron chi connectivity index (χ1n) is 15.5. The van der Waals surface area contributed by atoms with Gasteiger partial charge in [0.2, 0.25) is 5.91 Å². The number of rotatable bonds is 11. The summed E-state index contributed by atoms with van der Waals surface area (Å²) in [6.07, 6.45) is -0.244. The Morgan fingerprint density at radius 1 is 0.614 bits per heavy atom. The summed E-state index contributed by atoms with van der Waals surface area (Å²) >= 11 is 0. The summed E-state index contributed by atoms with van der Waals surface area (Å²) in [5.41, 5.74) is 7.27. The van der Waals surface area contributed by atoms with Gasteiger partial charge in [-0.1, -0.05) is 158 Å². The van der Waals surface area contributed by atoms with Gasteiger partial charge in [0.25, 0.3) is 0 Å². The number of quaternary nitrogens is 1. The molecule has 0 aliphatic carbocycles. The molecular weight excluding hydrogens is 535 g/mol. The van der Waals surface area contributed by atoms with Crippen molar-refractivity contribution in [2.24, 2.45) is 0 Å². The van der Waals surface area contributed by atoms with E-state index in [9.17, 15) is 4.79 Å². The molecule has 44 heavy (non-hydrogen) atoms. The number of carbonyl (C=O) groups is 1. The van der Waals surface area contributed by atoms with Gasteiger partial charge in [-0.3, -0.25) is 4.79 Å². The van der Waals surface area contributed by atoms with Crippen LogP contribution in [0.4, 0.5) is 0 Å². The van der Waals surface area contributed by atoms with Crippen molar-refractivity contribution in [1.29, 1.82) is 0 Å². The van der Waals surface area contributed by atoms with Crippen molar-refractivity contribution in [3.05, 3.63) is 169 Å². The zero-order valence-corrected chi connectivity index (χ0v) is 26.4. The topological polar surface area (TPSA) is 29.1 Å². The van der Waals surface area contributed by atoms with Gasteiger partial charge in [-0.2, -0.15) is 21.9 Å². The average molecular weight is 581 g/mol. The van der Waals surface area contributed by atoms with Gasteiger partial charge in [-0.15, -0.1) is 0 Å². The maximum atomic E-state index is 11.3. The summed E-state index contributed by atoms with van der Waals surface area (Å²) in [6, 6.07) is 54.0. The standard InChI is InChI=1S/C24H20B.C16H24N2O/c1-5-13-21(14-6-1)25(22-15-7-2-8-16-22,23-17-9-3-10-18-23)24-19-11-4-12-20-24;1-14(2)16(19)17-11-8-12-18(3,4)13-15-9-6-5-7-10-15/h1-20H;5-7,9-10H,1,8,11-13H2,2-4H3/q-1;/p+1. The van der Waals surface area contributed by atoms with Crippen LogP contribution < -0.4 is 27.2 Å². The molecule has 5 aromatic carbocycles. The van der Waals surface area contributed by atoms with Gasteiger partial charge in [-0.25, -0.2) is 0 Å². The fourth-order valence-corrected chi connectivity index (χ4v) is 6.14. The van der Waals surface area contributed by atoms with E-state index in [0.29, 0.717) is 12.1 Å². The van der Waals surface area contributed by atoms with E-state index in [0.717, 1.165) is 24.0 Å². The molecule has 0 radical (unpaired) electrons. The van der Waals surface area contributed by atoms with E-state index < -0.39 is 6.15 Å². The number of benzene rings is 5. The molecule has 0 heterocycles. The number of hydrogen-bond acceptors (Lipinski definition) is 1. The van der Waals surface area contributed by atoms with Crippen molar-refractivity contribution in [1.82, 2.24) is 5.32 Å². The molecule has 0 bridgehead atoms. The molecule has 4 heteroatoms. The Bertz CT molecular complexity index is 1410. The van der Waals surface area contributed by atoms with Crippen molar-refractivity contribution in [2.75, 3.05) is 27.2 Å². The van der Waals surface area contributed by atoms with Gasteiger partial charge in [-0.05, 0) is 6.92 Å². The van der Waals surface area contributed by atoms with Crippen LogP contribution in [0, 0.1) is 0 Å². The normalized spacial score (nSPS) is 11.2. The van der Waals surface area contributed by atoms with Gasteiger partial charge in [0.05, 0.1) is 20.6 Å². The summed E-state index contributed by atoms with van der Waals surface area (Å²) in [5, 5.41) is 2.87. The molecule has 1 N–H and O–H groups in total. The molecule has 1 amide bonds. The summed E-state index contributed by atoms with van der Waals surface area (Å²) in [6.45, 7) is 8.10. The summed E-state index contributed by atoms with van der Waals surface area (Å²) in [4.78, 5) is 11.3. The number of carbonyl (C=O) groups excluding carboxylic acids is 1. The lowest BCUT2D eigenvalue weighted by atomic mass is 9.13. The number of nitrogens with zero attached hydrogens (tertiary/aromatic N) is 1. The van der Waals surface area contributed by atoms with E-state index in [2.05, 4.69) is 172 Å². The smallest absolute Gasteiger partial charge is 0.246 e. The quantitative estimate of drug-likeness (QED) is 0.0963. The van der Waals surface area contributed by atoms with Crippen LogP contribution in [0.15, 0.2) is 164 Å². The van der Waals surface area contributed by atoms with E-state index in [-0.39, 0.29) is 5.91 Å². The molecule has 5 rings (SSSR count). The zero-order valence-electron chi connectivity index (χ0n) is 26.4. The fourth-order valence-electron chi connectivity index (χ4n) is 6.14. The van der Waals surface area contributed by atoms with Crippen LogP contribution in [0.1, 0.15) is 18.9 Å². The summed E-state index contributed by atoms with van der Waals surface area (Å²) in [7, 11) is 4.43. The van der Waals surface area contributed by atoms with E-state index in [4.69, 9.17) is 0 Å².